The van der Waals surface area contributed by atoms with Gasteiger partial charge in [-0.25, -0.2) is 0 Å². The summed E-state index contributed by atoms with van der Waals surface area (Å²) in [6, 6.07) is 10.4. The number of rotatable bonds is 4. The maximum absolute atomic E-state index is 11.1. The standard InChI is InChI=1S/C14H20N2O2/c1-16-9-12(14(17)18)7-13(10-16)15-8-11-5-3-2-4-6-11/h2-6,12-13,15H,7-10H2,1H3,(H,17,18). The number of hydrogen-bond acceptors (Lipinski definition) is 3. The summed E-state index contributed by atoms with van der Waals surface area (Å²) in [5, 5.41) is 12.6. The Hall–Kier alpha value is -1.39. The Balaban J connectivity index is 1.87. The maximum atomic E-state index is 11.1. The van der Waals surface area contributed by atoms with Crippen molar-refractivity contribution in [3.63, 3.8) is 0 Å². The number of piperidine rings is 1. The average molecular weight is 248 g/mol. The minimum absolute atomic E-state index is 0.253. The molecule has 0 bridgehead atoms. The van der Waals surface area contributed by atoms with Gasteiger partial charge in [0.1, 0.15) is 0 Å². The predicted octanol–water partition coefficient (Wildman–Crippen LogP) is 1.18. The summed E-state index contributed by atoms with van der Waals surface area (Å²) in [5.41, 5.74) is 1.23. The van der Waals surface area contributed by atoms with Crippen LogP contribution in [0.25, 0.3) is 0 Å². The maximum Gasteiger partial charge on any atom is 0.307 e. The molecule has 1 aliphatic rings. The van der Waals surface area contributed by atoms with Gasteiger partial charge in [0.15, 0.2) is 0 Å². The summed E-state index contributed by atoms with van der Waals surface area (Å²) in [6.07, 6.45) is 0.715. The SMILES string of the molecule is CN1CC(NCc2ccccc2)CC(C(=O)O)C1. The number of likely N-dealkylation sites (N-methyl/N-ethyl adjacent to an activating group) is 1. The number of carboxylic acids is 1. The van der Waals surface area contributed by atoms with Crippen LogP contribution in [0.1, 0.15) is 12.0 Å². The number of nitrogens with zero attached hydrogens (tertiary/aromatic N) is 1. The number of carboxylic acid groups (broad SMARTS) is 1. The van der Waals surface area contributed by atoms with E-state index in [-0.39, 0.29) is 12.0 Å². The van der Waals surface area contributed by atoms with Crippen molar-refractivity contribution in [2.24, 2.45) is 5.92 Å². The second kappa shape index (κ2) is 5.98. The van der Waals surface area contributed by atoms with Gasteiger partial charge >= 0.3 is 5.97 Å². The van der Waals surface area contributed by atoms with Gasteiger partial charge in [-0.2, -0.15) is 0 Å². The molecule has 2 atom stereocenters. The van der Waals surface area contributed by atoms with Crippen LogP contribution in [-0.4, -0.2) is 42.2 Å². The van der Waals surface area contributed by atoms with Gasteiger partial charge in [-0.3, -0.25) is 4.79 Å². The van der Waals surface area contributed by atoms with Gasteiger partial charge in [0.05, 0.1) is 5.92 Å². The zero-order valence-corrected chi connectivity index (χ0v) is 10.7. The summed E-state index contributed by atoms with van der Waals surface area (Å²) in [5.74, 6) is -0.940. The molecule has 0 amide bonds. The van der Waals surface area contributed by atoms with Crippen LogP contribution in [0.15, 0.2) is 30.3 Å². The lowest BCUT2D eigenvalue weighted by molar-refractivity contribution is -0.143. The quantitative estimate of drug-likeness (QED) is 0.840. The molecule has 0 spiro atoms. The summed E-state index contributed by atoms with van der Waals surface area (Å²) in [4.78, 5) is 13.2. The smallest absolute Gasteiger partial charge is 0.307 e. The third-order valence-corrected chi connectivity index (χ3v) is 3.42. The van der Waals surface area contributed by atoms with E-state index >= 15 is 0 Å². The van der Waals surface area contributed by atoms with Gasteiger partial charge in [0, 0.05) is 25.7 Å². The molecule has 0 saturated carbocycles. The van der Waals surface area contributed by atoms with Crippen molar-refractivity contribution < 1.29 is 9.90 Å². The van der Waals surface area contributed by atoms with E-state index in [2.05, 4.69) is 22.3 Å². The van der Waals surface area contributed by atoms with Crippen molar-refractivity contribution in [3.8, 4) is 0 Å². The number of hydrogen-bond donors (Lipinski definition) is 2. The van der Waals surface area contributed by atoms with Gasteiger partial charge in [-0.1, -0.05) is 30.3 Å². The zero-order chi connectivity index (χ0) is 13.0. The van der Waals surface area contributed by atoms with E-state index in [1.807, 2.05) is 25.2 Å². The van der Waals surface area contributed by atoms with Gasteiger partial charge < -0.3 is 15.3 Å². The fraction of sp³-hybridized carbons (Fsp3) is 0.500. The van der Waals surface area contributed by atoms with Crippen molar-refractivity contribution >= 4 is 5.97 Å². The van der Waals surface area contributed by atoms with E-state index in [0.717, 1.165) is 13.1 Å². The fourth-order valence-electron chi connectivity index (χ4n) is 2.50. The number of carbonyl (C=O) groups is 1. The van der Waals surface area contributed by atoms with Crippen LogP contribution in [-0.2, 0) is 11.3 Å². The van der Waals surface area contributed by atoms with Crippen LogP contribution < -0.4 is 5.32 Å². The molecule has 1 aromatic rings. The van der Waals surface area contributed by atoms with Crippen molar-refractivity contribution in [3.05, 3.63) is 35.9 Å². The molecule has 0 aliphatic carbocycles. The summed E-state index contributed by atoms with van der Waals surface area (Å²) < 4.78 is 0. The van der Waals surface area contributed by atoms with Crippen molar-refractivity contribution in [2.75, 3.05) is 20.1 Å². The second-order valence-corrected chi connectivity index (χ2v) is 5.06. The molecule has 2 N–H and O–H groups in total. The Bertz CT molecular complexity index is 394. The number of aliphatic carboxylic acids is 1. The highest BCUT2D eigenvalue weighted by atomic mass is 16.4. The number of nitrogens with one attached hydrogen (secondary N) is 1. The fourth-order valence-corrected chi connectivity index (χ4v) is 2.50. The first kappa shape index (κ1) is 13.1. The molecule has 1 aliphatic heterocycles. The topological polar surface area (TPSA) is 52.6 Å². The molecule has 0 radical (unpaired) electrons. The highest BCUT2D eigenvalue weighted by Crippen LogP contribution is 2.16. The molecule has 0 aromatic heterocycles. The van der Waals surface area contributed by atoms with Crippen LogP contribution in [0.3, 0.4) is 0 Å². The Morgan fingerprint density at radius 3 is 2.78 bits per heavy atom. The first-order valence-electron chi connectivity index (χ1n) is 6.34. The molecular weight excluding hydrogens is 228 g/mol. The Morgan fingerprint density at radius 1 is 1.39 bits per heavy atom. The van der Waals surface area contributed by atoms with Gasteiger partial charge in [0.25, 0.3) is 0 Å². The first-order chi connectivity index (χ1) is 8.65. The van der Waals surface area contributed by atoms with Crippen LogP contribution >= 0.6 is 0 Å². The largest absolute Gasteiger partial charge is 0.481 e. The first-order valence-corrected chi connectivity index (χ1v) is 6.34. The second-order valence-electron chi connectivity index (χ2n) is 5.06. The highest BCUT2D eigenvalue weighted by molar-refractivity contribution is 5.70. The number of benzene rings is 1. The molecule has 98 valence electrons. The number of likely N-dealkylation sites (tertiary alicyclic amines) is 1. The molecule has 1 aromatic carbocycles. The van der Waals surface area contributed by atoms with Crippen molar-refractivity contribution in [1.82, 2.24) is 10.2 Å². The molecule has 4 nitrogen and oxygen atoms in total. The minimum Gasteiger partial charge on any atom is -0.481 e. The summed E-state index contributed by atoms with van der Waals surface area (Å²) in [6.45, 7) is 2.36. The molecule has 18 heavy (non-hydrogen) atoms. The lowest BCUT2D eigenvalue weighted by Gasteiger charge is -2.34. The lowest BCUT2D eigenvalue weighted by Crippen LogP contribution is -2.49. The van der Waals surface area contributed by atoms with E-state index in [1.165, 1.54) is 5.56 Å². The molecular formula is C14H20N2O2. The van der Waals surface area contributed by atoms with Crippen LogP contribution in [0.2, 0.25) is 0 Å². The Morgan fingerprint density at radius 2 is 2.11 bits per heavy atom. The van der Waals surface area contributed by atoms with E-state index in [0.29, 0.717) is 13.0 Å². The highest BCUT2D eigenvalue weighted by Gasteiger charge is 2.29. The van der Waals surface area contributed by atoms with Gasteiger partial charge in [0.2, 0.25) is 0 Å². The third kappa shape index (κ3) is 3.55. The van der Waals surface area contributed by atoms with Crippen LogP contribution in [0.4, 0.5) is 0 Å². The lowest BCUT2D eigenvalue weighted by atomic mass is 9.94. The van der Waals surface area contributed by atoms with E-state index in [4.69, 9.17) is 5.11 Å². The summed E-state index contributed by atoms with van der Waals surface area (Å²) in [7, 11) is 1.98. The normalized spacial score (nSPS) is 24.9. The van der Waals surface area contributed by atoms with Crippen LogP contribution in [0, 0.1) is 5.92 Å². The van der Waals surface area contributed by atoms with E-state index in [1.54, 1.807) is 0 Å². The van der Waals surface area contributed by atoms with Gasteiger partial charge in [-0.15, -0.1) is 0 Å². The van der Waals surface area contributed by atoms with Crippen LogP contribution in [0.5, 0.6) is 0 Å². The van der Waals surface area contributed by atoms with Crippen molar-refractivity contribution in [2.45, 2.75) is 19.0 Å². The van der Waals surface area contributed by atoms with E-state index in [9.17, 15) is 4.79 Å². The minimum atomic E-state index is -0.687. The van der Waals surface area contributed by atoms with E-state index < -0.39 is 5.97 Å². The van der Waals surface area contributed by atoms with Crippen molar-refractivity contribution in [1.29, 1.82) is 0 Å². The molecule has 1 heterocycles. The predicted molar refractivity (Wildman–Crippen MR) is 70.3 cm³/mol. The van der Waals surface area contributed by atoms with Gasteiger partial charge in [-0.05, 0) is 19.0 Å². The molecule has 2 unspecified atom stereocenters. The molecule has 2 rings (SSSR count). The Labute approximate surface area is 108 Å². The molecule has 1 saturated heterocycles. The molecule has 1 fully saturated rings. The summed E-state index contributed by atoms with van der Waals surface area (Å²) >= 11 is 0. The monoisotopic (exact) mass is 248 g/mol. The average Bonchev–Trinajstić information content (AvgIpc) is 2.37. The Kier molecular flexibility index (Phi) is 4.33. The zero-order valence-electron chi connectivity index (χ0n) is 10.7. The molecule has 4 heteroatoms. The third-order valence-electron chi connectivity index (χ3n) is 3.42.